The van der Waals surface area contributed by atoms with Gasteiger partial charge in [0.2, 0.25) is 5.91 Å². The first-order chi connectivity index (χ1) is 19.6. The highest BCUT2D eigenvalue weighted by Gasteiger charge is 2.55. The Bertz CT molecular complexity index is 1580. The van der Waals surface area contributed by atoms with E-state index >= 15 is 0 Å². The smallest absolute Gasteiger partial charge is 0.310 e. The summed E-state index contributed by atoms with van der Waals surface area (Å²) >= 11 is 1.25. The molecular formula is C28H29N5O6S2. The van der Waals surface area contributed by atoms with Crippen LogP contribution in [0.5, 0.6) is 0 Å². The van der Waals surface area contributed by atoms with Gasteiger partial charge in [-0.3, -0.25) is 29.1 Å². The molecule has 3 aromatic rings. The van der Waals surface area contributed by atoms with E-state index in [9.17, 15) is 27.6 Å². The first-order valence-corrected chi connectivity index (χ1v) is 15.5. The predicted octanol–water partition coefficient (Wildman–Crippen LogP) is 2.37. The molecule has 3 aromatic heterocycles. The number of hydrogen-bond donors (Lipinski definition) is 1. The van der Waals surface area contributed by atoms with Crippen molar-refractivity contribution in [2.45, 2.75) is 44.8 Å². The average molecular weight is 596 g/mol. The van der Waals surface area contributed by atoms with Crippen LogP contribution in [0, 0.1) is 5.92 Å². The molecule has 2 aliphatic rings. The van der Waals surface area contributed by atoms with Crippen molar-refractivity contribution in [1.29, 1.82) is 0 Å². The van der Waals surface area contributed by atoms with Crippen LogP contribution in [-0.2, 0) is 19.6 Å². The number of Topliss-reactive ketones (excluding diaryl/α,β-unsaturated/α-hetero) is 1. The summed E-state index contributed by atoms with van der Waals surface area (Å²) in [6.07, 6.45) is 3.50. The number of sulfonamides is 1. The summed E-state index contributed by atoms with van der Waals surface area (Å²) in [5.41, 5.74) is 0.490. The topological polar surface area (TPSA) is 147 Å². The Labute approximate surface area is 241 Å². The van der Waals surface area contributed by atoms with Gasteiger partial charge in [-0.15, -0.1) is 11.3 Å². The van der Waals surface area contributed by atoms with E-state index in [4.69, 9.17) is 0 Å². The summed E-state index contributed by atoms with van der Waals surface area (Å²) in [7, 11) is -4.54. The van der Waals surface area contributed by atoms with Crippen molar-refractivity contribution in [2.24, 2.45) is 5.92 Å². The third-order valence-electron chi connectivity index (χ3n) is 7.14. The minimum absolute atomic E-state index is 0.0437. The van der Waals surface area contributed by atoms with Gasteiger partial charge < -0.3 is 10.2 Å². The van der Waals surface area contributed by atoms with Gasteiger partial charge in [-0.1, -0.05) is 26.0 Å². The molecule has 2 fully saturated rings. The fourth-order valence-electron chi connectivity index (χ4n) is 5.29. The van der Waals surface area contributed by atoms with E-state index in [0.717, 1.165) is 14.9 Å². The first-order valence-electron chi connectivity index (χ1n) is 13.2. The third-order valence-corrected chi connectivity index (χ3v) is 9.94. The number of pyridine rings is 2. The molecule has 41 heavy (non-hydrogen) atoms. The fourth-order valence-corrected chi connectivity index (χ4v) is 7.65. The van der Waals surface area contributed by atoms with Crippen molar-refractivity contribution in [1.82, 2.24) is 24.5 Å². The number of ketones is 1. The highest BCUT2D eigenvalue weighted by Crippen LogP contribution is 2.33. The van der Waals surface area contributed by atoms with Crippen molar-refractivity contribution < 1.29 is 27.6 Å². The number of amides is 2. The molecule has 1 N–H and O–H groups in total. The molecule has 5 heterocycles. The Morgan fingerprint density at radius 1 is 1.05 bits per heavy atom. The number of thiophene rings is 1. The highest BCUT2D eigenvalue weighted by atomic mass is 32.2. The number of hydrogen-bond acceptors (Lipinski definition) is 9. The number of nitrogens with one attached hydrogen (secondary N) is 1. The minimum atomic E-state index is -4.54. The number of carbonyl (C=O) groups is 4. The van der Waals surface area contributed by atoms with Gasteiger partial charge in [0.15, 0.2) is 5.78 Å². The molecule has 2 aliphatic heterocycles. The van der Waals surface area contributed by atoms with E-state index in [1.54, 1.807) is 30.5 Å². The molecular weight excluding hydrogens is 566 g/mol. The maximum absolute atomic E-state index is 13.8. The lowest BCUT2D eigenvalue weighted by Gasteiger charge is -2.29. The molecule has 0 spiro atoms. The molecule has 2 saturated heterocycles. The van der Waals surface area contributed by atoms with Gasteiger partial charge >= 0.3 is 5.12 Å². The van der Waals surface area contributed by atoms with Gasteiger partial charge in [-0.25, -0.2) is 8.42 Å². The number of nitrogens with zero attached hydrogens (tertiary/aromatic N) is 4. The summed E-state index contributed by atoms with van der Waals surface area (Å²) in [6, 6.07) is 10.5. The number of rotatable bonds is 8. The number of fused-ring (bicyclic) bond motifs is 1. The Kier molecular flexibility index (Phi) is 8.11. The minimum Gasteiger partial charge on any atom is -0.340 e. The van der Waals surface area contributed by atoms with Crippen LogP contribution in [0.25, 0.3) is 10.6 Å². The van der Waals surface area contributed by atoms with Crippen LogP contribution in [0.4, 0.5) is 0 Å². The molecule has 3 unspecified atom stereocenters. The Balaban J connectivity index is 1.33. The summed E-state index contributed by atoms with van der Waals surface area (Å²) < 4.78 is 27.3. The second-order valence-corrected chi connectivity index (χ2v) is 13.3. The van der Waals surface area contributed by atoms with Crippen LogP contribution >= 0.6 is 11.3 Å². The van der Waals surface area contributed by atoms with E-state index in [1.165, 1.54) is 34.6 Å². The molecule has 2 amide bonds. The van der Waals surface area contributed by atoms with E-state index in [2.05, 4.69) is 15.3 Å². The molecule has 3 atom stereocenters. The van der Waals surface area contributed by atoms with Crippen molar-refractivity contribution in [3.63, 3.8) is 0 Å². The van der Waals surface area contributed by atoms with Crippen LogP contribution in [0.3, 0.4) is 0 Å². The van der Waals surface area contributed by atoms with Crippen LogP contribution in [0.1, 0.15) is 46.8 Å². The van der Waals surface area contributed by atoms with Gasteiger partial charge in [0, 0.05) is 18.9 Å². The lowest BCUT2D eigenvalue weighted by molar-refractivity contribution is -0.138. The molecule has 0 aliphatic carbocycles. The molecule has 5 rings (SSSR count). The van der Waals surface area contributed by atoms with Gasteiger partial charge in [-0.2, -0.15) is 4.31 Å². The molecule has 0 radical (unpaired) electrons. The Morgan fingerprint density at radius 3 is 2.44 bits per heavy atom. The van der Waals surface area contributed by atoms with Gasteiger partial charge in [0.25, 0.3) is 15.9 Å². The standard InChI is InChI=1S/C28H29N5O6S2/c1-17(2)15-20(31-26(35)24-10-9-23(40-24)18-7-3-5-12-29-18)27(36)32-14-11-21-25(32)22(34)16-33(21)41(38,39)28(37)19-8-4-6-13-30-19/h3-10,12-13,17,20-21,25H,11,14-16H2,1-2H3,(H,31,35). The quantitative estimate of drug-likeness (QED) is 0.418. The Morgan fingerprint density at radius 2 is 1.78 bits per heavy atom. The molecule has 0 saturated carbocycles. The van der Waals surface area contributed by atoms with Gasteiger partial charge in [-0.05, 0) is 55.2 Å². The van der Waals surface area contributed by atoms with E-state index < -0.39 is 57.4 Å². The Hall–Kier alpha value is -3.81. The zero-order valence-corrected chi connectivity index (χ0v) is 24.1. The maximum Gasteiger partial charge on any atom is 0.310 e. The van der Waals surface area contributed by atoms with Gasteiger partial charge in [0.05, 0.1) is 28.0 Å². The van der Waals surface area contributed by atoms with Crippen molar-refractivity contribution in [2.75, 3.05) is 13.1 Å². The van der Waals surface area contributed by atoms with E-state index in [-0.39, 0.29) is 24.6 Å². The zero-order valence-electron chi connectivity index (χ0n) is 22.5. The second kappa shape index (κ2) is 11.6. The third kappa shape index (κ3) is 5.69. The molecule has 11 nitrogen and oxygen atoms in total. The molecule has 214 valence electrons. The van der Waals surface area contributed by atoms with Crippen molar-refractivity contribution in [3.05, 3.63) is 71.5 Å². The first kappa shape index (κ1) is 28.7. The summed E-state index contributed by atoms with van der Waals surface area (Å²) in [5.74, 6) is -1.30. The average Bonchev–Trinajstić information content (AvgIpc) is 3.70. The largest absolute Gasteiger partial charge is 0.340 e. The summed E-state index contributed by atoms with van der Waals surface area (Å²) in [6.45, 7) is 3.45. The SMILES string of the molecule is CC(C)CC(NC(=O)c1ccc(-c2ccccn2)s1)C(=O)N1CCC2C1C(=O)CN2S(=O)(=O)C(=O)c1ccccn1. The summed E-state index contributed by atoms with van der Waals surface area (Å²) in [4.78, 5) is 63.6. The fraction of sp³-hybridized carbons (Fsp3) is 0.357. The van der Waals surface area contributed by atoms with Crippen molar-refractivity contribution >= 4 is 44.1 Å². The van der Waals surface area contributed by atoms with Crippen LogP contribution in [-0.4, -0.2) is 81.5 Å². The van der Waals surface area contributed by atoms with E-state index in [1.807, 2.05) is 26.0 Å². The monoisotopic (exact) mass is 595 g/mol. The maximum atomic E-state index is 13.8. The summed E-state index contributed by atoms with van der Waals surface area (Å²) in [5, 5.41) is 1.64. The lowest BCUT2D eigenvalue weighted by atomic mass is 10.0. The molecule has 0 aromatic carbocycles. The van der Waals surface area contributed by atoms with E-state index in [0.29, 0.717) is 11.3 Å². The molecule has 0 bridgehead atoms. The highest BCUT2D eigenvalue weighted by molar-refractivity contribution is 8.04. The van der Waals surface area contributed by atoms with Crippen LogP contribution < -0.4 is 5.32 Å². The van der Waals surface area contributed by atoms with Crippen molar-refractivity contribution in [3.8, 4) is 10.6 Å². The number of carbonyl (C=O) groups excluding carboxylic acids is 4. The van der Waals surface area contributed by atoms with Crippen LogP contribution in [0.15, 0.2) is 60.9 Å². The molecule has 13 heteroatoms. The predicted molar refractivity (Wildman–Crippen MR) is 151 cm³/mol. The second-order valence-electron chi connectivity index (χ2n) is 10.4. The lowest BCUT2D eigenvalue weighted by Crippen LogP contribution is -2.53. The normalized spacial score (nSPS) is 19.8. The number of aromatic nitrogens is 2. The number of likely N-dealkylation sites (tertiary alicyclic amines) is 1. The van der Waals surface area contributed by atoms with Crippen LogP contribution in [0.2, 0.25) is 0 Å². The van der Waals surface area contributed by atoms with Gasteiger partial charge in [0.1, 0.15) is 17.8 Å². The zero-order chi connectivity index (χ0) is 29.3.